The molecule has 1 rings (SSSR count). The molecule has 0 aliphatic carbocycles. The summed E-state index contributed by atoms with van der Waals surface area (Å²) in [6.45, 7) is 1.33. The van der Waals surface area contributed by atoms with Crippen LogP contribution in [-0.4, -0.2) is 27.1 Å². The molecule has 0 aromatic carbocycles. The minimum atomic E-state index is -1.14. The molecule has 0 aliphatic heterocycles. The molecule has 0 saturated carbocycles. The molecule has 6 heteroatoms. The number of hydrogen-bond acceptors (Lipinski definition) is 3. The molecule has 0 amide bonds. The van der Waals surface area contributed by atoms with Crippen LogP contribution in [0.2, 0.25) is 0 Å². The average Bonchev–Trinajstić information content (AvgIpc) is 2.33. The number of carboxylic acids is 1. The molecule has 12 heavy (non-hydrogen) atoms. The molecule has 1 aromatic heterocycles. The second-order valence-electron chi connectivity index (χ2n) is 2.03. The van der Waals surface area contributed by atoms with Gasteiger partial charge in [0.1, 0.15) is 5.69 Å². The Morgan fingerprint density at radius 3 is 2.42 bits per heavy atom. The molecule has 0 spiro atoms. The number of H-pyrrole nitrogens is 1. The number of rotatable bonds is 2. The molecule has 1 radical (unpaired) electrons. The van der Waals surface area contributed by atoms with Crippen LogP contribution in [0.25, 0.3) is 0 Å². The fraction of sp³-hybridized carbons (Fsp3) is 0.167. The molecular weight excluding hydrogens is 289 g/mol. The maximum atomic E-state index is 10.6. The number of aromatic nitrogens is 2. The summed E-state index contributed by atoms with van der Waals surface area (Å²) in [6.07, 6.45) is 0. The zero-order chi connectivity index (χ0) is 8.43. The van der Waals surface area contributed by atoms with Crippen LogP contribution in [-0.2, 0) is 0 Å². The van der Waals surface area contributed by atoms with E-state index in [1.165, 1.54) is 13.0 Å². The van der Waals surface area contributed by atoms with Crippen LogP contribution in [0.15, 0.2) is 6.07 Å². The summed E-state index contributed by atoms with van der Waals surface area (Å²) >= 11 is 0. The summed E-state index contributed by atoms with van der Waals surface area (Å²) < 4.78 is 0. The topological polar surface area (TPSA) is 83.1 Å². The molecule has 0 bridgehead atoms. The fourth-order valence-corrected chi connectivity index (χ4v) is 0.612. The Hall–Kier alpha value is -0.286. The van der Waals surface area contributed by atoms with E-state index in [1.54, 1.807) is 0 Å². The number of carboxylic acid groups (broad SMARTS) is 1. The van der Waals surface area contributed by atoms with Crippen molar-refractivity contribution < 1.29 is 56.0 Å². The first-order valence-corrected chi connectivity index (χ1v) is 2.91. The molecule has 5 nitrogen and oxygen atoms in total. The number of Topliss-reactive ketones (excluding diaryl/α,β-unsaturated/α-hetero) is 1. The van der Waals surface area contributed by atoms with Gasteiger partial charge in [-0.1, -0.05) is 0 Å². The quantitative estimate of drug-likeness (QED) is 0.769. The Labute approximate surface area is 101 Å². The molecule has 0 saturated heterocycles. The van der Waals surface area contributed by atoms with Crippen molar-refractivity contribution in [1.82, 2.24) is 10.2 Å². The smallest absolute Gasteiger partial charge is 0.356 e. The molecule has 61 valence electrons. The van der Waals surface area contributed by atoms with Gasteiger partial charge in [0.05, 0.1) is 0 Å². The third-order valence-electron chi connectivity index (χ3n) is 1.18. The van der Waals surface area contributed by atoms with Gasteiger partial charge in [0.25, 0.3) is 0 Å². The normalized spacial score (nSPS) is 8.75. The molecule has 0 atom stereocenters. The molecule has 0 unspecified atom stereocenters. The summed E-state index contributed by atoms with van der Waals surface area (Å²) in [6, 6.07) is 1.20. The van der Waals surface area contributed by atoms with Gasteiger partial charge in [0.2, 0.25) is 0 Å². The van der Waals surface area contributed by atoms with Crippen molar-refractivity contribution in [3.05, 3.63) is 17.5 Å². The average molecular weight is 295 g/mol. The van der Waals surface area contributed by atoms with Crippen LogP contribution in [0.3, 0.4) is 0 Å². The predicted octanol–water partition coefficient (Wildman–Crippen LogP) is 0.310. The first-order valence-electron chi connectivity index (χ1n) is 2.91. The Bertz CT molecular complexity index is 279. The van der Waals surface area contributed by atoms with Gasteiger partial charge in [-0.3, -0.25) is 9.89 Å². The van der Waals surface area contributed by atoms with Crippen LogP contribution in [0, 0.1) is 41.3 Å². The standard InChI is InChI=1S/C6H6N2O3.Pr/c1-3(9)4-2-5(6(10)11)8-7-4;/h2H,1H3,(H,7,8)(H,10,11);. The van der Waals surface area contributed by atoms with Crippen molar-refractivity contribution in [2.24, 2.45) is 0 Å². The first kappa shape index (κ1) is 11.7. The second kappa shape index (κ2) is 4.67. The van der Waals surface area contributed by atoms with Gasteiger partial charge in [-0.05, 0) is 0 Å². The molecule has 1 heterocycles. The van der Waals surface area contributed by atoms with E-state index in [0.717, 1.165) is 0 Å². The molecule has 1 aromatic rings. The Balaban J connectivity index is 0.00000121. The SMILES string of the molecule is CC(=O)c1cc(C(=O)O)n[nH]1.[Pr]. The number of aromatic carboxylic acids is 1. The molecule has 0 aliphatic rings. The number of ketones is 1. The van der Waals surface area contributed by atoms with Gasteiger partial charge in [0.15, 0.2) is 11.5 Å². The van der Waals surface area contributed by atoms with Crippen molar-refractivity contribution in [3.8, 4) is 0 Å². The number of hydrogen-bond donors (Lipinski definition) is 2. The summed E-state index contributed by atoms with van der Waals surface area (Å²) in [7, 11) is 0. The zero-order valence-electron chi connectivity index (χ0n) is 6.37. The van der Waals surface area contributed by atoms with Crippen molar-refractivity contribution in [3.63, 3.8) is 0 Å². The van der Waals surface area contributed by atoms with Crippen molar-refractivity contribution in [1.29, 1.82) is 0 Å². The van der Waals surface area contributed by atoms with Crippen LogP contribution < -0.4 is 0 Å². The number of aromatic amines is 1. The zero-order valence-corrected chi connectivity index (χ0v) is 10.1. The molecular formula is C6H6N2O3Pr. The molecule has 2 N–H and O–H groups in total. The number of carbonyl (C=O) groups excluding carboxylic acids is 1. The van der Waals surface area contributed by atoms with Crippen molar-refractivity contribution in [2.45, 2.75) is 6.92 Å². The van der Waals surface area contributed by atoms with E-state index in [0.29, 0.717) is 0 Å². The van der Waals surface area contributed by atoms with E-state index >= 15 is 0 Å². The van der Waals surface area contributed by atoms with E-state index in [1.807, 2.05) is 0 Å². The number of nitrogens with one attached hydrogen (secondary N) is 1. The van der Waals surface area contributed by atoms with Crippen LogP contribution >= 0.6 is 0 Å². The largest absolute Gasteiger partial charge is 0.476 e. The summed E-state index contributed by atoms with van der Waals surface area (Å²) in [4.78, 5) is 20.9. The van der Waals surface area contributed by atoms with E-state index < -0.39 is 5.97 Å². The third kappa shape index (κ3) is 2.64. The maximum Gasteiger partial charge on any atom is 0.356 e. The van der Waals surface area contributed by atoms with Gasteiger partial charge in [-0.15, -0.1) is 0 Å². The summed E-state index contributed by atoms with van der Waals surface area (Å²) in [5.41, 5.74) is 0.0672. The van der Waals surface area contributed by atoms with E-state index in [4.69, 9.17) is 5.11 Å². The number of carbonyl (C=O) groups is 2. The second-order valence-corrected chi connectivity index (χ2v) is 2.03. The van der Waals surface area contributed by atoms with E-state index in [9.17, 15) is 9.59 Å². The van der Waals surface area contributed by atoms with E-state index in [-0.39, 0.29) is 58.5 Å². The maximum absolute atomic E-state index is 10.6. The predicted molar refractivity (Wildman–Crippen MR) is 35.6 cm³/mol. The van der Waals surface area contributed by atoms with Crippen LogP contribution in [0.1, 0.15) is 27.9 Å². The summed E-state index contributed by atoms with van der Waals surface area (Å²) in [5.74, 6) is -1.38. The van der Waals surface area contributed by atoms with Crippen LogP contribution in [0.4, 0.5) is 0 Å². The number of nitrogens with zero attached hydrogens (tertiary/aromatic N) is 1. The molecule has 0 fully saturated rings. The van der Waals surface area contributed by atoms with E-state index in [2.05, 4.69) is 10.2 Å². The Morgan fingerprint density at radius 1 is 1.58 bits per heavy atom. The fourth-order valence-electron chi connectivity index (χ4n) is 0.612. The third-order valence-corrected chi connectivity index (χ3v) is 1.18. The van der Waals surface area contributed by atoms with Crippen LogP contribution in [0.5, 0.6) is 0 Å². The van der Waals surface area contributed by atoms with Gasteiger partial charge in [-0.25, -0.2) is 4.79 Å². The van der Waals surface area contributed by atoms with Gasteiger partial charge < -0.3 is 5.11 Å². The Morgan fingerprint density at radius 2 is 2.17 bits per heavy atom. The first-order chi connectivity index (χ1) is 5.11. The van der Waals surface area contributed by atoms with Gasteiger partial charge in [-0.2, -0.15) is 5.10 Å². The van der Waals surface area contributed by atoms with Gasteiger partial charge in [0, 0.05) is 54.3 Å². The van der Waals surface area contributed by atoms with Crippen molar-refractivity contribution in [2.75, 3.05) is 0 Å². The minimum Gasteiger partial charge on any atom is -0.476 e. The monoisotopic (exact) mass is 295 g/mol. The minimum absolute atomic E-state index is 0. The summed E-state index contributed by atoms with van der Waals surface area (Å²) in [5, 5.41) is 14.1. The Kier molecular flexibility index (Phi) is 4.56. The van der Waals surface area contributed by atoms with Gasteiger partial charge >= 0.3 is 5.97 Å². The van der Waals surface area contributed by atoms with Crippen molar-refractivity contribution >= 4 is 11.8 Å².